The maximum absolute atomic E-state index is 6.13. The Bertz CT molecular complexity index is 1670. The number of aryl methyl sites for hydroxylation is 1. The molecule has 0 amide bonds. The Kier molecular flexibility index (Phi) is 4.97. The lowest BCUT2D eigenvalue weighted by Gasteiger charge is -2.39. The van der Waals surface area contributed by atoms with Gasteiger partial charge in [0.15, 0.2) is 17.5 Å². The van der Waals surface area contributed by atoms with Crippen LogP contribution in [0.4, 0.5) is 22.9 Å². The molecule has 0 unspecified atom stereocenters. The fourth-order valence-corrected chi connectivity index (χ4v) is 5.06. The number of fused-ring (bicyclic) bond motifs is 4. The van der Waals surface area contributed by atoms with Gasteiger partial charge in [-0.2, -0.15) is 5.10 Å². The lowest BCUT2D eigenvalue weighted by atomic mass is 9.98. The van der Waals surface area contributed by atoms with Crippen LogP contribution in [-0.2, 0) is 0 Å². The summed E-state index contributed by atoms with van der Waals surface area (Å²) in [6.07, 6.45) is 1.70. The van der Waals surface area contributed by atoms with Crippen LogP contribution < -0.4 is 10.2 Å². The first kappa shape index (κ1) is 21.6. The van der Waals surface area contributed by atoms with Crippen LogP contribution in [0.5, 0.6) is 0 Å². The Hall–Kier alpha value is -4.62. The number of para-hydroxylation sites is 3. The fraction of sp³-hybridized carbons (Fsp3) is 0.0690. The van der Waals surface area contributed by atoms with Crippen molar-refractivity contribution in [3.05, 3.63) is 119 Å². The summed E-state index contributed by atoms with van der Waals surface area (Å²) in [6, 6.07) is 29.3. The van der Waals surface area contributed by atoms with Crippen LogP contribution >= 0.6 is 11.6 Å². The predicted octanol–water partition coefficient (Wildman–Crippen LogP) is 7.22. The molecular formula is C29H21ClN6O. The molecule has 7 nitrogen and oxygen atoms in total. The van der Waals surface area contributed by atoms with Crippen molar-refractivity contribution < 1.29 is 4.42 Å². The zero-order valence-electron chi connectivity index (χ0n) is 19.8. The highest BCUT2D eigenvalue weighted by molar-refractivity contribution is 6.51. The topological polar surface area (TPSA) is 71.0 Å². The number of benzene rings is 3. The summed E-state index contributed by atoms with van der Waals surface area (Å²) in [5, 5.41) is 9.06. The highest BCUT2D eigenvalue weighted by atomic mass is 35.5. The van der Waals surface area contributed by atoms with Crippen LogP contribution in [0, 0.1) is 6.92 Å². The molecular weight excluding hydrogens is 484 g/mol. The number of nitrogens with one attached hydrogen (secondary N) is 1. The summed E-state index contributed by atoms with van der Waals surface area (Å²) in [6.45, 7) is 2.02. The van der Waals surface area contributed by atoms with E-state index in [0.717, 1.165) is 45.6 Å². The van der Waals surface area contributed by atoms with E-state index in [1.165, 1.54) is 0 Å². The number of anilines is 2. The minimum Gasteiger partial charge on any atom is -0.467 e. The van der Waals surface area contributed by atoms with E-state index >= 15 is 0 Å². The van der Waals surface area contributed by atoms with Crippen LogP contribution in [0.2, 0.25) is 5.02 Å². The second-order valence-electron chi connectivity index (χ2n) is 8.87. The highest BCUT2D eigenvalue weighted by Gasteiger charge is 2.42. The largest absolute Gasteiger partial charge is 0.467 e. The SMILES string of the molecule is Cc1nn(-c2ccccc2)c2c1[C@H](c1ccco1)N1C(=N2)C(Nc2ccc(Cl)cc2)=Nc2ccccc21. The Morgan fingerprint density at radius 2 is 1.65 bits per heavy atom. The van der Waals surface area contributed by atoms with Gasteiger partial charge in [0.1, 0.15) is 11.8 Å². The zero-order valence-corrected chi connectivity index (χ0v) is 20.6. The summed E-state index contributed by atoms with van der Waals surface area (Å²) in [5.41, 5.74) is 5.45. The van der Waals surface area contributed by atoms with Gasteiger partial charge in [-0.1, -0.05) is 41.9 Å². The smallest absolute Gasteiger partial charge is 0.179 e. The molecule has 5 aromatic rings. The molecule has 37 heavy (non-hydrogen) atoms. The molecule has 0 fully saturated rings. The lowest BCUT2D eigenvalue weighted by molar-refractivity contribution is 0.487. The van der Waals surface area contributed by atoms with Crippen molar-refractivity contribution in [2.75, 3.05) is 10.2 Å². The standard InChI is InChI=1S/C29H21ClN6O/c1-18-25-26(24-12-7-17-37-24)35-23-11-6-5-10-22(23)32-27(31-20-15-13-19(30)14-16-20)29(35)33-28(25)36(34-18)21-8-3-2-4-9-21/h2-17,26H,1H3,(H,31,32)/t26-/m0/s1. The van der Waals surface area contributed by atoms with E-state index in [1.807, 2.05) is 96.5 Å². The fourth-order valence-electron chi connectivity index (χ4n) is 4.93. The van der Waals surface area contributed by atoms with Crippen molar-refractivity contribution in [3.8, 4) is 5.69 Å². The van der Waals surface area contributed by atoms with Crippen LogP contribution in [0.25, 0.3) is 5.69 Å². The van der Waals surface area contributed by atoms with Crippen molar-refractivity contribution >= 4 is 46.2 Å². The van der Waals surface area contributed by atoms with Gasteiger partial charge >= 0.3 is 0 Å². The average Bonchev–Trinajstić information content (AvgIpc) is 3.58. The number of aromatic nitrogens is 2. The third-order valence-corrected chi connectivity index (χ3v) is 6.81. The van der Waals surface area contributed by atoms with Gasteiger partial charge in [0.2, 0.25) is 0 Å². The molecule has 0 radical (unpaired) electrons. The molecule has 4 heterocycles. The molecule has 180 valence electrons. The quantitative estimate of drug-likeness (QED) is 0.281. The number of nitrogens with zero attached hydrogens (tertiary/aromatic N) is 5. The highest BCUT2D eigenvalue weighted by Crippen LogP contribution is 2.48. The number of aliphatic imine (C=N–C) groups is 2. The first-order valence-electron chi connectivity index (χ1n) is 11.9. The normalized spacial score (nSPS) is 15.8. The Balaban J connectivity index is 1.49. The Morgan fingerprint density at radius 1 is 0.865 bits per heavy atom. The van der Waals surface area contributed by atoms with E-state index in [1.54, 1.807) is 6.26 Å². The second-order valence-corrected chi connectivity index (χ2v) is 9.31. The van der Waals surface area contributed by atoms with Gasteiger partial charge in [-0.25, -0.2) is 14.7 Å². The molecule has 1 atom stereocenters. The maximum atomic E-state index is 6.13. The monoisotopic (exact) mass is 504 g/mol. The van der Waals surface area contributed by atoms with Crippen LogP contribution in [0.1, 0.15) is 23.1 Å². The van der Waals surface area contributed by atoms with Gasteiger partial charge in [-0.3, -0.25) is 0 Å². The van der Waals surface area contributed by atoms with E-state index in [2.05, 4.69) is 16.3 Å². The van der Waals surface area contributed by atoms with Crippen molar-refractivity contribution in [2.45, 2.75) is 13.0 Å². The lowest BCUT2D eigenvalue weighted by Crippen LogP contribution is -2.46. The van der Waals surface area contributed by atoms with E-state index in [4.69, 9.17) is 31.1 Å². The molecule has 0 saturated carbocycles. The van der Waals surface area contributed by atoms with Crippen molar-refractivity contribution in [2.24, 2.45) is 9.98 Å². The first-order chi connectivity index (χ1) is 18.2. The zero-order chi connectivity index (χ0) is 24.9. The summed E-state index contributed by atoms with van der Waals surface area (Å²) < 4.78 is 7.92. The maximum Gasteiger partial charge on any atom is 0.179 e. The van der Waals surface area contributed by atoms with Crippen LogP contribution in [0.3, 0.4) is 0 Å². The molecule has 8 heteroatoms. The van der Waals surface area contributed by atoms with Crippen LogP contribution in [-0.4, -0.2) is 21.5 Å². The third-order valence-electron chi connectivity index (χ3n) is 6.56. The molecule has 3 aromatic carbocycles. The second kappa shape index (κ2) is 8.50. The minimum absolute atomic E-state index is 0.284. The average molecular weight is 505 g/mol. The van der Waals surface area contributed by atoms with Crippen LogP contribution in [0.15, 0.2) is 112 Å². The van der Waals surface area contributed by atoms with Gasteiger partial charge in [-0.05, 0) is 67.6 Å². The van der Waals surface area contributed by atoms with E-state index in [-0.39, 0.29) is 6.04 Å². The summed E-state index contributed by atoms with van der Waals surface area (Å²) in [4.78, 5) is 12.4. The summed E-state index contributed by atoms with van der Waals surface area (Å²) in [5.74, 6) is 2.86. The van der Waals surface area contributed by atoms with E-state index in [0.29, 0.717) is 16.7 Å². The van der Waals surface area contributed by atoms with Crippen molar-refractivity contribution in [1.29, 1.82) is 0 Å². The predicted molar refractivity (Wildman–Crippen MR) is 147 cm³/mol. The molecule has 1 N–H and O–H groups in total. The molecule has 0 saturated heterocycles. The number of furan rings is 1. The number of halogens is 1. The molecule has 2 aliphatic heterocycles. The molecule has 7 rings (SSSR count). The van der Waals surface area contributed by atoms with E-state index < -0.39 is 0 Å². The number of hydrogen-bond acceptors (Lipinski definition) is 6. The van der Waals surface area contributed by atoms with Gasteiger partial charge in [0.25, 0.3) is 0 Å². The van der Waals surface area contributed by atoms with Gasteiger partial charge in [0, 0.05) is 10.7 Å². The third kappa shape index (κ3) is 3.55. The number of rotatable bonds is 3. The van der Waals surface area contributed by atoms with Gasteiger partial charge in [-0.15, -0.1) is 0 Å². The molecule has 0 aliphatic carbocycles. The Labute approximate surface area is 218 Å². The van der Waals surface area contributed by atoms with Gasteiger partial charge in [0.05, 0.1) is 34.6 Å². The van der Waals surface area contributed by atoms with Gasteiger partial charge < -0.3 is 14.6 Å². The molecule has 2 aliphatic rings. The minimum atomic E-state index is -0.284. The van der Waals surface area contributed by atoms with Crippen molar-refractivity contribution in [1.82, 2.24) is 9.78 Å². The molecule has 0 spiro atoms. The molecule has 2 aromatic heterocycles. The summed E-state index contributed by atoms with van der Waals surface area (Å²) in [7, 11) is 0. The molecule has 0 bridgehead atoms. The number of hydrogen-bond donors (Lipinski definition) is 1. The van der Waals surface area contributed by atoms with E-state index in [9.17, 15) is 0 Å². The Morgan fingerprint density at radius 3 is 2.43 bits per heavy atom. The summed E-state index contributed by atoms with van der Waals surface area (Å²) >= 11 is 6.13. The number of amidine groups is 2. The van der Waals surface area contributed by atoms with Crippen molar-refractivity contribution in [3.63, 3.8) is 0 Å². The first-order valence-corrected chi connectivity index (χ1v) is 12.3.